The summed E-state index contributed by atoms with van der Waals surface area (Å²) >= 11 is 0. The summed E-state index contributed by atoms with van der Waals surface area (Å²) in [5.41, 5.74) is 4.50. The van der Waals surface area contributed by atoms with E-state index in [1.54, 1.807) is 18.2 Å². The number of aromatic nitrogens is 2. The number of hydrogen-bond acceptors (Lipinski definition) is 5. The number of amides is 2. The predicted molar refractivity (Wildman–Crippen MR) is 110 cm³/mol. The fraction of sp³-hybridized carbons (Fsp3) is 0.143. The molecule has 2 amide bonds. The van der Waals surface area contributed by atoms with Gasteiger partial charge in [0.15, 0.2) is 0 Å². The molecule has 3 rings (SSSR count). The van der Waals surface area contributed by atoms with E-state index in [0.29, 0.717) is 11.5 Å². The van der Waals surface area contributed by atoms with Crippen molar-refractivity contribution < 1.29 is 9.59 Å². The number of carbonyl (C=O) groups is 2. The fourth-order valence-electron chi connectivity index (χ4n) is 2.65. The van der Waals surface area contributed by atoms with Gasteiger partial charge >= 0.3 is 0 Å². The van der Waals surface area contributed by atoms with Crippen LogP contribution >= 0.6 is 0 Å². The highest BCUT2D eigenvalue weighted by molar-refractivity contribution is 6.03. The Labute approximate surface area is 163 Å². The zero-order valence-electron chi connectivity index (χ0n) is 15.9. The van der Waals surface area contributed by atoms with Crippen LogP contribution in [0.15, 0.2) is 54.9 Å². The van der Waals surface area contributed by atoms with Gasteiger partial charge in [-0.3, -0.25) is 9.59 Å². The molecule has 3 aromatic rings. The second-order valence-electron chi connectivity index (χ2n) is 6.38. The number of benzene rings is 2. The molecule has 0 unspecified atom stereocenters. The third-order valence-corrected chi connectivity index (χ3v) is 4.21. The maximum Gasteiger partial charge on any atom is 0.274 e. The van der Waals surface area contributed by atoms with E-state index in [1.807, 2.05) is 44.2 Å². The minimum absolute atomic E-state index is 0.149. The van der Waals surface area contributed by atoms with Crippen molar-refractivity contribution in [3.63, 3.8) is 0 Å². The van der Waals surface area contributed by atoms with Crippen molar-refractivity contribution in [2.75, 3.05) is 16.0 Å². The summed E-state index contributed by atoms with van der Waals surface area (Å²) in [6.45, 7) is 5.40. The van der Waals surface area contributed by atoms with E-state index in [1.165, 1.54) is 13.3 Å². The van der Waals surface area contributed by atoms with E-state index in [0.717, 1.165) is 22.5 Å². The number of nitrogens with one attached hydrogen (secondary N) is 3. The van der Waals surface area contributed by atoms with E-state index in [-0.39, 0.29) is 17.5 Å². The lowest BCUT2D eigenvalue weighted by Crippen LogP contribution is -2.15. The van der Waals surface area contributed by atoms with E-state index >= 15 is 0 Å². The Morgan fingerprint density at radius 1 is 0.893 bits per heavy atom. The quantitative estimate of drug-likeness (QED) is 0.625. The number of hydrogen-bond donors (Lipinski definition) is 3. The maximum atomic E-state index is 12.6. The Balaban J connectivity index is 1.76. The highest BCUT2D eigenvalue weighted by atomic mass is 16.2. The number of carbonyl (C=O) groups excluding carboxylic acids is 2. The molecule has 0 radical (unpaired) electrons. The van der Waals surface area contributed by atoms with Crippen LogP contribution < -0.4 is 16.0 Å². The van der Waals surface area contributed by atoms with Crippen LogP contribution in [-0.2, 0) is 4.79 Å². The smallest absolute Gasteiger partial charge is 0.274 e. The molecule has 7 nitrogen and oxygen atoms in total. The largest absolute Gasteiger partial charge is 0.340 e. The molecule has 0 saturated heterocycles. The molecule has 0 bridgehead atoms. The second kappa shape index (κ2) is 8.30. The molecule has 0 aliphatic rings. The maximum absolute atomic E-state index is 12.6. The van der Waals surface area contributed by atoms with E-state index < -0.39 is 0 Å². The molecule has 0 saturated carbocycles. The van der Waals surface area contributed by atoms with Crippen molar-refractivity contribution in [1.82, 2.24) is 9.97 Å². The number of rotatable bonds is 5. The van der Waals surface area contributed by atoms with Crippen molar-refractivity contribution in [2.24, 2.45) is 0 Å². The molecule has 1 aromatic heterocycles. The van der Waals surface area contributed by atoms with Gasteiger partial charge in [-0.05, 0) is 49.2 Å². The van der Waals surface area contributed by atoms with Crippen molar-refractivity contribution in [3.8, 4) is 0 Å². The Kier molecular flexibility index (Phi) is 5.64. The highest BCUT2D eigenvalue weighted by Crippen LogP contribution is 2.21. The Hall–Kier alpha value is -3.74. The highest BCUT2D eigenvalue weighted by Gasteiger charge is 2.11. The zero-order valence-corrected chi connectivity index (χ0v) is 15.9. The molecule has 142 valence electrons. The van der Waals surface area contributed by atoms with Gasteiger partial charge in [0.2, 0.25) is 5.91 Å². The Morgan fingerprint density at radius 2 is 1.64 bits per heavy atom. The van der Waals surface area contributed by atoms with Crippen LogP contribution in [0.4, 0.5) is 22.9 Å². The SMILES string of the molecule is CC(=O)Nc1cccc(Nc2cc(C(=O)Nc3cccc(C)c3C)ncn2)c1. The summed E-state index contributed by atoms with van der Waals surface area (Å²) < 4.78 is 0. The number of anilines is 4. The summed E-state index contributed by atoms with van der Waals surface area (Å²) in [6.07, 6.45) is 1.33. The van der Waals surface area contributed by atoms with Gasteiger partial charge in [0, 0.05) is 30.1 Å². The molecule has 2 aromatic carbocycles. The lowest BCUT2D eigenvalue weighted by Gasteiger charge is -2.11. The number of aryl methyl sites for hydroxylation is 1. The minimum atomic E-state index is -0.314. The van der Waals surface area contributed by atoms with Crippen LogP contribution in [-0.4, -0.2) is 21.8 Å². The van der Waals surface area contributed by atoms with E-state index in [2.05, 4.69) is 25.9 Å². The minimum Gasteiger partial charge on any atom is -0.340 e. The molecule has 1 heterocycles. The summed E-state index contributed by atoms with van der Waals surface area (Å²) in [5, 5.41) is 8.72. The monoisotopic (exact) mass is 375 g/mol. The van der Waals surface area contributed by atoms with Crippen LogP contribution in [0.25, 0.3) is 0 Å². The average molecular weight is 375 g/mol. The van der Waals surface area contributed by atoms with Crippen molar-refractivity contribution in [3.05, 3.63) is 71.7 Å². The van der Waals surface area contributed by atoms with Crippen molar-refractivity contribution >= 4 is 34.7 Å². The summed E-state index contributed by atoms with van der Waals surface area (Å²) in [4.78, 5) is 32.0. The molecule has 7 heteroatoms. The first-order valence-corrected chi connectivity index (χ1v) is 8.76. The van der Waals surface area contributed by atoms with Gasteiger partial charge < -0.3 is 16.0 Å². The van der Waals surface area contributed by atoms with Crippen LogP contribution in [0.1, 0.15) is 28.5 Å². The normalized spacial score (nSPS) is 10.2. The first-order valence-electron chi connectivity index (χ1n) is 8.76. The average Bonchev–Trinajstić information content (AvgIpc) is 2.65. The molecule has 28 heavy (non-hydrogen) atoms. The molecule has 0 atom stereocenters. The Morgan fingerprint density at radius 3 is 2.43 bits per heavy atom. The molecule has 3 N–H and O–H groups in total. The van der Waals surface area contributed by atoms with Gasteiger partial charge in [0.05, 0.1) is 0 Å². The molecular formula is C21H21N5O2. The van der Waals surface area contributed by atoms with Crippen molar-refractivity contribution in [2.45, 2.75) is 20.8 Å². The Bertz CT molecular complexity index is 1030. The number of nitrogens with zero attached hydrogens (tertiary/aromatic N) is 2. The summed E-state index contributed by atoms with van der Waals surface area (Å²) in [5.74, 6) is 0.0109. The van der Waals surface area contributed by atoms with Gasteiger partial charge in [-0.15, -0.1) is 0 Å². The van der Waals surface area contributed by atoms with Crippen LogP contribution in [0, 0.1) is 13.8 Å². The van der Waals surface area contributed by atoms with Gasteiger partial charge in [-0.1, -0.05) is 18.2 Å². The van der Waals surface area contributed by atoms with Gasteiger partial charge in [-0.25, -0.2) is 9.97 Å². The van der Waals surface area contributed by atoms with Crippen LogP contribution in [0.2, 0.25) is 0 Å². The first-order chi connectivity index (χ1) is 13.4. The first kappa shape index (κ1) is 19.0. The lowest BCUT2D eigenvalue weighted by molar-refractivity contribution is -0.114. The van der Waals surface area contributed by atoms with Crippen LogP contribution in [0.3, 0.4) is 0 Å². The molecule has 0 spiro atoms. The third-order valence-electron chi connectivity index (χ3n) is 4.21. The zero-order chi connectivity index (χ0) is 20.1. The predicted octanol–water partition coefficient (Wildman–Crippen LogP) is 4.05. The summed E-state index contributed by atoms with van der Waals surface area (Å²) in [6, 6.07) is 14.5. The molecule has 0 fully saturated rings. The standard InChI is InChI=1S/C21H21N5O2/c1-13-6-4-9-18(14(13)2)26-21(28)19-11-20(23-12-22-19)25-17-8-5-7-16(10-17)24-15(3)27/h4-12H,1-3H3,(H,24,27)(H,26,28)(H,22,23,25). The summed E-state index contributed by atoms with van der Waals surface area (Å²) in [7, 11) is 0. The van der Waals surface area contributed by atoms with Crippen molar-refractivity contribution in [1.29, 1.82) is 0 Å². The lowest BCUT2D eigenvalue weighted by atomic mass is 10.1. The van der Waals surface area contributed by atoms with Crippen LogP contribution in [0.5, 0.6) is 0 Å². The van der Waals surface area contributed by atoms with Gasteiger partial charge in [0.1, 0.15) is 17.8 Å². The molecule has 0 aliphatic carbocycles. The molecular weight excluding hydrogens is 354 g/mol. The van der Waals surface area contributed by atoms with Gasteiger partial charge in [-0.2, -0.15) is 0 Å². The topological polar surface area (TPSA) is 96.0 Å². The van der Waals surface area contributed by atoms with E-state index in [9.17, 15) is 9.59 Å². The van der Waals surface area contributed by atoms with Gasteiger partial charge in [0.25, 0.3) is 5.91 Å². The molecule has 0 aliphatic heterocycles. The second-order valence-corrected chi connectivity index (χ2v) is 6.38. The van der Waals surface area contributed by atoms with E-state index in [4.69, 9.17) is 0 Å². The fourth-order valence-corrected chi connectivity index (χ4v) is 2.65. The third kappa shape index (κ3) is 4.70.